The van der Waals surface area contributed by atoms with Crippen molar-refractivity contribution in [3.8, 4) is 0 Å². The van der Waals surface area contributed by atoms with Gasteiger partial charge in [-0.2, -0.15) is 0 Å². The Morgan fingerprint density at radius 2 is 1.76 bits per heavy atom. The number of nitrogens with one attached hydrogen (secondary N) is 3. The van der Waals surface area contributed by atoms with E-state index in [2.05, 4.69) is 16.1 Å². The lowest BCUT2D eigenvalue weighted by molar-refractivity contribution is -0.142. The monoisotopic (exact) mass is 407 g/mol. The summed E-state index contributed by atoms with van der Waals surface area (Å²) in [7, 11) is 0. The molecule has 160 valence electrons. The number of carbonyl (C=O) groups is 4. The molecule has 0 saturated heterocycles. The lowest BCUT2D eigenvalue weighted by atomic mass is 10.1. The Hall–Kier alpha value is -2.94. The number of rotatable bonds is 13. The molecule has 0 saturated carbocycles. The van der Waals surface area contributed by atoms with E-state index in [0.29, 0.717) is 13.0 Å². The molecule has 0 bridgehead atoms. The van der Waals surface area contributed by atoms with Crippen LogP contribution in [-0.4, -0.2) is 47.5 Å². The van der Waals surface area contributed by atoms with Gasteiger partial charge in [-0.1, -0.05) is 43.7 Å². The molecular weight excluding hydrogens is 378 g/mol. The summed E-state index contributed by atoms with van der Waals surface area (Å²) in [6, 6.07) is 6.98. The Bertz CT molecular complexity index is 680. The molecule has 0 unspecified atom stereocenters. The Morgan fingerprint density at radius 1 is 1.07 bits per heavy atom. The van der Waals surface area contributed by atoms with Gasteiger partial charge >= 0.3 is 5.97 Å². The number of unbranched alkanes of at least 4 members (excludes halogenated alkanes) is 1. The molecule has 1 aromatic rings. The number of hydrogen-bond acceptors (Lipinski definition) is 5. The average molecular weight is 407 g/mol. The van der Waals surface area contributed by atoms with Crippen molar-refractivity contribution in [1.29, 1.82) is 0 Å². The predicted molar refractivity (Wildman–Crippen MR) is 106 cm³/mol. The van der Waals surface area contributed by atoms with Crippen LogP contribution in [0, 0.1) is 0 Å². The van der Waals surface area contributed by atoms with Gasteiger partial charge in [0.15, 0.2) is 0 Å². The number of carbonyl (C=O) groups excluding carboxylic acids is 3. The quantitative estimate of drug-likeness (QED) is 0.284. The minimum Gasteiger partial charge on any atom is -0.480 e. The Balaban J connectivity index is 2.64. The summed E-state index contributed by atoms with van der Waals surface area (Å²) in [6.07, 6.45) is 1.87. The SMILES string of the molecule is CCCCONC(=O)C[C@H](NC(=O)CCc1ccccc1)C(=O)N[C@@H](C)C(=O)O. The van der Waals surface area contributed by atoms with Crippen LogP contribution in [0.1, 0.15) is 45.1 Å². The van der Waals surface area contributed by atoms with Gasteiger partial charge in [0.05, 0.1) is 13.0 Å². The van der Waals surface area contributed by atoms with Gasteiger partial charge in [0.2, 0.25) is 17.7 Å². The van der Waals surface area contributed by atoms with E-state index in [1.165, 1.54) is 6.92 Å². The van der Waals surface area contributed by atoms with Crippen LogP contribution in [0.5, 0.6) is 0 Å². The molecule has 0 fully saturated rings. The van der Waals surface area contributed by atoms with Crippen LogP contribution in [-0.2, 0) is 30.4 Å². The molecular formula is C20H29N3O6. The third-order valence-electron chi connectivity index (χ3n) is 4.04. The molecule has 9 heteroatoms. The zero-order valence-electron chi connectivity index (χ0n) is 16.8. The molecule has 1 rings (SSSR count). The first-order valence-corrected chi connectivity index (χ1v) is 9.60. The maximum Gasteiger partial charge on any atom is 0.325 e. The zero-order chi connectivity index (χ0) is 21.6. The van der Waals surface area contributed by atoms with Crippen LogP contribution in [0.2, 0.25) is 0 Å². The number of amides is 3. The summed E-state index contributed by atoms with van der Waals surface area (Å²) in [4.78, 5) is 52.6. The van der Waals surface area contributed by atoms with Crippen LogP contribution in [0.25, 0.3) is 0 Å². The molecule has 9 nitrogen and oxygen atoms in total. The predicted octanol–water partition coefficient (Wildman–Crippen LogP) is 0.931. The van der Waals surface area contributed by atoms with Crippen molar-refractivity contribution in [2.75, 3.05) is 6.61 Å². The molecule has 1 aromatic carbocycles. The third-order valence-corrected chi connectivity index (χ3v) is 4.04. The van der Waals surface area contributed by atoms with Crippen molar-refractivity contribution in [3.05, 3.63) is 35.9 Å². The van der Waals surface area contributed by atoms with E-state index in [9.17, 15) is 19.2 Å². The Kier molecular flexibility index (Phi) is 11.0. The lowest BCUT2D eigenvalue weighted by Gasteiger charge is -2.19. The maximum absolute atomic E-state index is 12.4. The Morgan fingerprint density at radius 3 is 2.38 bits per heavy atom. The number of aliphatic carboxylic acids is 1. The number of carboxylic acids is 1. The van der Waals surface area contributed by atoms with Crippen LogP contribution < -0.4 is 16.1 Å². The number of hydroxylamine groups is 1. The third kappa shape index (κ3) is 10.2. The second kappa shape index (κ2) is 13.3. The normalized spacial score (nSPS) is 12.5. The van der Waals surface area contributed by atoms with E-state index < -0.39 is 35.8 Å². The smallest absolute Gasteiger partial charge is 0.325 e. The second-order valence-corrected chi connectivity index (χ2v) is 6.61. The van der Waals surface area contributed by atoms with E-state index in [0.717, 1.165) is 18.4 Å². The van der Waals surface area contributed by atoms with Crippen molar-refractivity contribution < 1.29 is 29.1 Å². The molecule has 0 radical (unpaired) electrons. The summed E-state index contributed by atoms with van der Waals surface area (Å²) >= 11 is 0. The minimum absolute atomic E-state index is 0.122. The van der Waals surface area contributed by atoms with E-state index >= 15 is 0 Å². The van der Waals surface area contributed by atoms with Gasteiger partial charge < -0.3 is 15.7 Å². The zero-order valence-corrected chi connectivity index (χ0v) is 16.8. The highest BCUT2D eigenvalue weighted by molar-refractivity contribution is 5.93. The molecule has 2 atom stereocenters. The fourth-order valence-corrected chi connectivity index (χ4v) is 2.33. The standard InChI is InChI=1S/C20H29N3O6/c1-3-4-12-29-23-18(25)13-16(19(26)21-14(2)20(27)28)22-17(24)11-10-15-8-6-5-7-9-15/h5-9,14,16H,3-4,10-13H2,1-2H3,(H,21,26)(H,22,24)(H,23,25)(H,27,28)/t14-,16-/m0/s1. The lowest BCUT2D eigenvalue weighted by Crippen LogP contribution is -2.52. The van der Waals surface area contributed by atoms with Crippen molar-refractivity contribution in [3.63, 3.8) is 0 Å². The first kappa shape index (κ1) is 24.1. The van der Waals surface area contributed by atoms with E-state index in [1.54, 1.807) is 0 Å². The van der Waals surface area contributed by atoms with Gasteiger partial charge in [-0.05, 0) is 25.3 Å². The average Bonchev–Trinajstić information content (AvgIpc) is 2.69. The largest absolute Gasteiger partial charge is 0.480 e. The molecule has 0 aliphatic heterocycles. The van der Waals surface area contributed by atoms with Crippen LogP contribution in [0.4, 0.5) is 0 Å². The molecule has 0 aromatic heterocycles. The summed E-state index contributed by atoms with van der Waals surface area (Å²) in [5, 5.41) is 13.7. The van der Waals surface area contributed by atoms with Gasteiger partial charge in [-0.3, -0.25) is 24.0 Å². The Labute approximate surface area is 170 Å². The van der Waals surface area contributed by atoms with Gasteiger partial charge in [0.25, 0.3) is 0 Å². The summed E-state index contributed by atoms with van der Waals surface area (Å²) in [5.74, 6) is -2.99. The number of benzene rings is 1. The van der Waals surface area contributed by atoms with E-state index in [1.807, 2.05) is 37.3 Å². The summed E-state index contributed by atoms with van der Waals surface area (Å²) < 4.78 is 0. The highest BCUT2D eigenvalue weighted by atomic mass is 16.6. The topological polar surface area (TPSA) is 134 Å². The van der Waals surface area contributed by atoms with Gasteiger partial charge in [-0.25, -0.2) is 5.48 Å². The van der Waals surface area contributed by atoms with Gasteiger partial charge in [0, 0.05) is 6.42 Å². The van der Waals surface area contributed by atoms with Crippen LogP contribution >= 0.6 is 0 Å². The number of carboxylic acid groups (broad SMARTS) is 1. The first-order valence-electron chi connectivity index (χ1n) is 9.60. The number of aryl methyl sites for hydroxylation is 1. The second-order valence-electron chi connectivity index (χ2n) is 6.61. The van der Waals surface area contributed by atoms with Crippen LogP contribution in [0.3, 0.4) is 0 Å². The van der Waals surface area contributed by atoms with E-state index in [4.69, 9.17) is 9.94 Å². The highest BCUT2D eigenvalue weighted by Crippen LogP contribution is 2.03. The van der Waals surface area contributed by atoms with Crippen LogP contribution in [0.15, 0.2) is 30.3 Å². The highest BCUT2D eigenvalue weighted by Gasteiger charge is 2.26. The molecule has 4 N–H and O–H groups in total. The maximum atomic E-state index is 12.4. The molecule has 0 spiro atoms. The molecule has 0 aliphatic carbocycles. The summed E-state index contributed by atoms with van der Waals surface area (Å²) in [5.41, 5.74) is 3.19. The fourth-order valence-electron chi connectivity index (χ4n) is 2.33. The van der Waals surface area contributed by atoms with Crippen molar-refractivity contribution in [1.82, 2.24) is 16.1 Å². The van der Waals surface area contributed by atoms with Gasteiger partial charge in [-0.15, -0.1) is 0 Å². The van der Waals surface area contributed by atoms with Gasteiger partial charge in [0.1, 0.15) is 12.1 Å². The minimum atomic E-state index is -1.22. The summed E-state index contributed by atoms with van der Waals surface area (Å²) in [6.45, 7) is 3.60. The first-order chi connectivity index (χ1) is 13.8. The molecule has 0 heterocycles. The van der Waals surface area contributed by atoms with Crippen molar-refractivity contribution in [2.45, 2.75) is 58.0 Å². The van der Waals surface area contributed by atoms with Crippen molar-refractivity contribution in [2.24, 2.45) is 0 Å². The molecule has 3 amide bonds. The number of hydrogen-bond donors (Lipinski definition) is 4. The van der Waals surface area contributed by atoms with Crippen molar-refractivity contribution >= 4 is 23.7 Å². The van der Waals surface area contributed by atoms with E-state index in [-0.39, 0.29) is 12.8 Å². The molecule has 0 aliphatic rings. The fraction of sp³-hybridized carbons (Fsp3) is 0.500. The molecule has 29 heavy (non-hydrogen) atoms.